The lowest BCUT2D eigenvalue weighted by Gasteiger charge is -2.15. The molecule has 0 radical (unpaired) electrons. The number of likely N-dealkylation sites (tertiary alicyclic amines) is 1. The van der Waals surface area contributed by atoms with Crippen LogP contribution in [0.15, 0.2) is 22.9 Å². The molecule has 1 aliphatic heterocycles. The molecule has 2 heterocycles. The lowest BCUT2D eigenvalue weighted by Crippen LogP contribution is -2.32. The number of halogens is 1. The number of aromatic nitrogens is 1. The minimum atomic E-state index is -0.206. The molecular formula is C13H16BrN3O2. The first-order chi connectivity index (χ1) is 9.16. The molecule has 0 spiro atoms. The van der Waals surface area contributed by atoms with Gasteiger partial charge in [0.1, 0.15) is 0 Å². The van der Waals surface area contributed by atoms with Gasteiger partial charge >= 0.3 is 0 Å². The first-order valence-corrected chi connectivity index (χ1v) is 7.12. The Labute approximate surface area is 120 Å². The summed E-state index contributed by atoms with van der Waals surface area (Å²) in [7, 11) is 0. The van der Waals surface area contributed by atoms with Gasteiger partial charge in [-0.05, 0) is 34.8 Å². The number of hydrogen-bond acceptors (Lipinski definition) is 3. The maximum absolute atomic E-state index is 11.8. The molecule has 1 aliphatic rings. The van der Waals surface area contributed by atoms with Crippen molar-refractivity contribution in [2.45, 2.75) is 19.3 Å². The normalized spacial score (nSPS) is 14.5. The third-order valence-electron chi connectivity index (χ3n) is 3.05. The summed E-state index contributed by atoms with van der Waals surface area (Å²) in [6, 6.07) is 1.70. The van der Waals surface area contributed by atoms with Crippen LogP contribution in [0, 0.1) is 0 Å². The summed E-state index contributed by atoms with van der Waals surface area (Å²) >= 11 is 3.26. The zero-order valence-corrected chi connectivity index (χ0v) is 12.1. The fourth-order valence-corrected chi connectivity index (χ4v) is 2.41. The Morgan fingerprint density at radius 1 is 1.32 bits per heavy atom. The van der Waals surface area contributed by atoms with Crippen molar-refractivity contribution in [1.82, 2.24) is 15.2 Å². The second-order valence-electron chi connectivity index (χ2n) is 4.49. The van der Waals surface area contributed by atoms with Crippen molar-refractivity contribution >= 4 is 27.7 Å². The maximum atomic E-state index is 11.8. The van der Waals surface area contributed by atoms with E-state index in [9.17, 15) is 9.59 Å². The number of nitrogens with one attached hydrogen (secondary N) is 1. The van der Waals surface area contributed by atoms with Gasteiger partial charge in [0.15, 0.2) is 0 Å². The number of amides is 2. The van der Waals surface area contributed by atoms with E-state index in [2.05, 4.69) is 26.2 Å². The first-order valence-electron chi connectivity index (χ1n) is 6.33. The van der Waals surface area contributed by atoms with Gasteiger partial charge in [0.25, 0.3) is 5.91 Å². The second-order valence-corrected chi connectivity index (χ2v) is 5.40. The van der Waals surface area contributed by atoms with Crippen molar-refractivity contribution in [3.63, 3.8) is 0 Å². The van der Waals surface area contributed by atoms with Crippen LogP contribution in [-0.4, -0.2) is 41.3 Å². The quantitative estimate of drug-likeness (QED) is 0.914. The molecule has 2 rings (SSSR count). The van der Waals surface area contributed by atoms with E-state index in [1.54, 1.807) is 12.3 Å². The molecule has 1 aromatic rings. The van der Waals surface area contributed by atoms with E-state index in [4.69, 9.17) is 0 Å². The summed E-state index contributed by atoms with van der Waals surface area (Å²) in [5, 5.41) is 2.73. The Morgan fingerprint density at radius 2 is 2.05 bits per heavy atom. The van der Waals surface area contributed by atoms with Crippen molar-refractivity contribution in [2.24, 2.45) is 0 Å². The van der Waals surface area contributed by atoms with Crippen LogP contribution in [-0.2, 0) is 4.79 Å². The van der Waals surface area contributed by atoms with E-state index < -0.39 is 0 Å². The van der Waals surface area contributed by atoms with Gasteiger partial charge in [-0.25, -0.2) is 0 Å². The predicted molar refractivity (Wildman–Crippen MR) is 74.7 cm³/mol. The van der Waals surface area contributed by atoms with Gasteiger partial charge in [0, 0.05) is 42.9 Å². The highest BCUT2D eigenvalue weighted by Gasteiger charge is 2.17. The largest absolute Gasteiger partial charge is 0.351 e. The third kappa shape index (κ3) is 4.02. The Morgan fingerprint density at radius 3 is 2.74 bits per heavy atom. The average Bonchev–Trinajstić information content (AvgIpc) is 2.92. The standard InChI is InChI=1S/C13H16BrN3O2/c14-11-7-10(8-15-9-11)13(19)16-4-3-12(18)17-5-1-2-6-17/h7-9H,1-6H2,(H,16,19). The van der Waals surface area contributed by atoms with E-state index in [0.717, 1.165) is 30.4 Å². The highest BCUT2D eigenvalue weighted by molar-refractivity contribution is 9.10. The number of nitrogens with zero attached hydrogens (tertiary/aromatic N) is 2. The van der Waals surface area contributed by atoms with E-state index >= 15 is 0 Å². The van der Waals surface area contributed by atoms with Crippen LogP contribution < -0.4 is 5.32 Å². The summed E-state index contributed by atoms with van der Waals surface area (Å²) in [4.78, 5) is 29.4. The second kappa shape index (κ2) is 6.65. The lowest BCUT2D eigenvalue weighted by molar-refractivity contribution is -0.129. The number of hydrogen-bond donors (Lipinski definition) is 1. The van der Waals surface area contributed by atoms with Gasteiger partial charge < -0.3 is 10.2 Å². The van der Waals surface area contributed by atoms with Crippen molar-refractivity contribution in [1.29, 1.82) is 0 Å². The number of carbonyl (C=O) groups is 2. The van der Waals surface area contributed by atoms with Crippen molar-refractivity contribution in [3.8, 4) is 0 Å². The van der Waals surface area contributed by atoms with Crippen molar-refractivity contribution < 1.29 is 9.59 Å². The summed E-state index contributed by atoms with van der Waals surface area (Å²) in [5.41, 5.74) is 0.489. The molecule has 2 amide bonds. The van der Waals surface area contributed by atoms with Gasteiger partial charge in [-0.1, -0.05) is 0 Å². The highest BCUT2D eigenvalue weighted by Crippen LogP contribution is 2.10. The molecule has 1 aromatic heterocycles. The van der Waals surface area contributed by atoms with E-state index in [1.165, 1.54) is 6.20 Å². The molecule has 5 nitrogen and oxygen atoms in total. The Bertz CT molecular complexity index is 473. The molecule has 19 heavy (non-hydrogen) atoms. The first kappa shape index (κ1) is 14.0. The Balaban J connectivity index is 1.76. The molecule has 1 N–H and O–H groups in total. The number of pyridine rings is 1. The molecule has 1 saturated heterocycles. The lowest BCUT2D eigenvalue weighted by atomic mass is 10.2. The minimum absolute atomic E-state index is 0.116. The molecule has 0 unspecified atom stereocenters. The summed E-state index contributed by atoms with van der Waals surface area (Å²) in [6.45, 7) is 2.06. The molecule has 102 valence electrons. The van der Waals surface area contributed by atoms with Gasteiger partial charge in [0.2, 0.25) is 5.91 Å². The molecule has 0 saturated carbocycles. The van der Waals surface area contributed by atoms with E-state index in [0.29, 0.717) is 18.5 Å². The maximum Gasteiger partial charge on any atom is 0.252 e. The molecule has 6 heteroatoms. The van der Waals surface area contributed by atoms with Crippen LogP contribution in [0.2, 0.25) is 0 Å². The molecule has 1 fully saturated rings. The van der Waals surface area contributed by atoms with Gasteiger partial charge in [-0.2, -0.15) is 0 Å². The van der Waals surface area contributed by atoms with Gasteiger partial charge in [0.05, 0.1) is 5.56 Å². The van der Waals surface area contributed by atoms with Crippen LogP contribution >= 0.6 is 15.9 Å². The van der Waals surface area contributed by atoms with E-state index in [1.807, 2.05) is 4.90 Å². The van der Waals surface area contributed by atoms with E-state index in [-0.39, 0.29) is 11.8 Å². The van der Waals surface area contributed by atoms with Crippen LogP contribution in [0.3, 0.4) is 0 Å². The zero-order valence-electron chi connectivity index (χ0n) is 10.6. The monoisotopic (exact) mass is 325 g/mol. The van der Waals surface area contributed by atoms with Crippen molar-refractivity contribution in [3.05, 3.63) is 28.5 Å². The molecule has 0 aliphatic carbocycles. The van der Waals surface area contributed by atoms with Gasteiger partial charge in [-0.3, -0.25) is 14.6 Å². The SMILES string of the molecule is O=C(NCCC(=O)N1CCCC1)c1cncc(Br)c1. The third-order valence-corrected chi connectivity index (χ3v) is 3.48. The molecular weight excluding hydrogens is 310 g/mol. The summed E-state index contributed by atoms with van der Waals surface area (Å²) in [6.07, 6.45) is 5.65. The fourth-order valence-electron chi connectivity index (χ4n) is 2.05. The molecule has 0 aromatic carbocycles. The average molecular weight is 326 g/mol. The predicted octanol–water partition coefficient (Wildman–Crippen LogP) is 1.59. The Kier molecular flexibility index (Phi) is 4.90. The van der Waals surface area contributed by atoms with Gasteiger partial charge in [-0.15, -0.1) is 0 Å². The summed E-state index contributed by atoms with van der Waals surface area (Å²) in [5.74, 6) is -0.0896. The van der Waals surface area contributed by atoms with Crippen LogP contribution in [0.4, 0.5) is 0 Å². The van der Waals surface area contributed by atoms with Crippen LogP contribution in [0.25, 0.3) is 0 Å². The van der Waals surface area contributed by atoms with Crippen molar-refractivity contribution in [2.75, 3.05) is 19.6 Å². The smallest absolute Gasteiger partial charge is 0.252 e. The summed E-state index contributed by atoms with van der Waals surface area (Å²) < 4.78 is 0.758. The highest BCUT2D eigenvalue weighted by atomic mass is 79.9. The number of carbonyl (C=O) groups excluding carboxylic acids is 2. The Hall–Kier alpha value is -1.43. The van der Waals surface area contributed by atoms with Crippen LogP contribution in [0.1, 0.15) is 29.6 Å². The fraction of sp³-hybridized carbons (Fsp3) is 0.462. The minimum Gasteiger partial charge on any atom is -0.351 e. The molecule has 0 bridgehead atoms. The molecule has 0 atom stereocenters. The number of rotatable bonds is 4. The van der Waals surface area contributed by atoms with Crippen LogP contribution in [0.5, 0.6) is 0 Å². The topological polar surface area (TPSA) is 62.3 Å². The zero-order chi connectivity index (χ0) is 13.7.